The first-order valence-electron chi connectivity index (χ1n) is 10.2. The third-order valence-corrected chi connectivity index (χ3v) is 5.37. The minimum absolute atomic E-state index is 0. The second-order valence-corrected chi connectivity index (χ2v) is 7.53. The normalized spacial score (nSPS) is 16.4. The van der Waals surface area contributed by atoms with E-state index in [4.69, 9.17) is 4.52 Å². The van der Waals surface area contributed by atoms with Crippen molar-refractivity contribution < 1.29 is 9.32 Å². The Morgan fingerprint density at radius 1 is 1.17 bits per heavy atom. The Labute approximate surface area is 183 Å². The van der Waals surface area contributed by atoms with Crippen LogP contribution in [0.15, 0.2) is 59.3 Å². The molecule has 0 saturated carbocycles. The van der Waals surface area contributed by atoms with Crippen molar-refractivity contribution >= 4 is 18.3 Å². The monoisotopic (exact) mass is 426 g/mol. The molecule has 0 spiro atoms. The summed E-state index contributed by atoms with van der Waals surface area (Å²) >= 11 is 0. The zero-order valence-corrected chi connectivity index (χ0v) is 17.9. The zero-order chi connectivity index (χ0) is 20.1. The molecule has 158 valence electrons. The van der Waals surface area contributed by atoms with Crippen LogP contribution in [0.1, 0.15) is 41.1 Å². The van der Waals surface area contributed by atoms with Crippen LogP contribution in [-0.4, -0.2) is 40.1 Å². The van der Waals surface area contributed by atoms with Crippen molar-refractivity contribution in [3.8, 4) is 11.3 Å². The van der Waals surface area contributed by atoms with Gasteiger partial charge in [-0.2, -0.15) is 0 Å². The van der Waals surface area contributed by atoms with Gasteiger partial charge in [-0.3, -0.25) is 9.78 Å². The van der Waals surface area contributed by atoms with E-state index in [9.17, 15) is 4.79 Å². The molecule has 1 atom stereocenters. The Morgan fingerprint density at radius 3 is 2.77 bits per heavy atom. The average Bonchev–Trinajstić information content (AvgIpc) is 3.09. The highest BCUT2D eigenvalue weighted by atomic mass is 35.5. The summed E-state index contributed by atoms with van der Waals surface area (Å²) in [6.45, 7) is 4.40. The smallest absolute Gasteiger partial charge is 0.293 e. The molecule has 6 nitrogen and oxygen atoms in total. The van der Waals surface area contributed by atoms with Crippen molar-refractivity contribution in [3.63, 3.8) is 0 Å². The van der Waals surface area contributed by atoms with Crippen LogP contribution >= 0.6 is 12.4 Å². The molecule has 1 unspecified atom stereocenters. The number of nitrogens with zero attached hydrogens (tertiary/aromatic N) is 3. The molecule has 30 heavy (non-hydrogen) atoms. The van der Waals surface area contributed by atoms with Crippen LogP contribution in [0, 0.1) is 6.92 Å². The van der Waals surface area contributed by atoms with Gasteiger partial charge in [0.25, 0.3) is 5.91 Å². The summed E-state index contributed by atoms with van der Waals surface area (Å²) in [5.74, 6) is 0.141. The van der Waals surface area contributed by atoms with Crippen LogP contribution in [0.2, 0.25) is 0 Å². The van der Waals surface area contributed by atoms with E-state index in [0.717, 1.165) is 43.6 Å². The summed E-state index contributed by atoms with van der Waals surface area (Å²) in [5, 5.41) is 7.56. The Morgan fingerprint density at radius 2 is 2.00 bits per heavy atom. The summed E-state index contributed by atoms with van der Waals surface area (Å²) in [4.78, 5) is 19.7. The molecule has 0 bridgehead atoms. The SMILES string of the molecule is Cc1ccc(-c2cc(C(=O)N(Cc3ccccn3)C3CCCNCC3)on2)cc1.Cl. The van der Waals surface area contributed by atoms with E-state index in [-0.39, 0.29) is 30.1 Å². The van der Waals surface area contributed by atoms with E-state index >= 15 is 0 Å². The predicted molar refractivity (Wildman–Crippen MR) is 119 cm³/mol. The Hall–Kier alpha value is -2.70. The number of nitrogens with one attached hydrogen (secondary N) is 1. The van der Waals surface area contributed by atoms with Gasteiger partial charge in [-0.05, 0) is 51.4 Å². The van der Waals surface area contributed by atoms with Crippen molar-refractivity contribution in [2.75, 3.05) is 13.1 Å². The van der Waals surface area contributed by atoms with Gasteiger partial charge in [0.2, 0.25) is 5.76 Å². The van der Waals surface area contributed by atoms with E-state index in [1.807, 2.05) is 54.3 Å². The second kappa shape index (κ2) is 10.4. The van der Waals surface area contributed by atoms with Crippen molar-refractivity contribution in [2.24, 2.45) is 0 Å². The number of hydrogen-bond donors (Lipinski definition) is 1. The van der Waals surface area contributed by atoms with Gasteiger partial charge in [0.15, 0.2) is 0 Å². The standard InChI is InChI=1S/C23H26N4O2.ClH/c1-17-7-9-18(10-8-17)21-15-22(29-26-21)23(28)27(16-19-5-2-3-13-25-19)20-6-4-12-24-14-11-20;/h2-3,5,7-10,13,15,20,24H,4,6,11-12,14,16H2,1H3;1H. The van der Waals surface area contributed by atoms with Crippen LogP contribution in [0.5, 0.6) is 0 Å². The van der Waals surface area contributed by atoms with Gasteiger partial charge < -0.3 is 14.7 Å². The summed E-state index contributed by atoms with van der Waals surface area (Å²) in [6.07, 6.45) is 4.68. The molecule has 2 aromatic heterocycles. The molecule has 1 saturated heterocycles. The van der Waals surface area contributed by atoms with Crippen LogP contribution in [0.4, 0.5) is 0 Å². The third-order valence-electron chi connectivity index (χ3n) is 5.37. The zero-order valence-electron chi connectivity index (χ0n) is 17.1. The first kappa shape index (κ1) is 22.0. The maximum absolute atomic E-state index is 13.4. The Balaban J connectivity index is 0.00000256. The van der Waals surface area contributed by atoms with Crippen LogP contribution in [0.25, 0.3) is 11.3 Å². The number of pyridine rings is 1. The van der Waals surface area contributed by atoms with E-state index in [1.165, 1.54) is 5.56 Å². The molecule has 1 fully saturated rings. The van der Waals surface area contributed by atoms with Crippen molar-refractivity contribution in [2.45, 2.75) is 38.8 Å². The largest absolute Gasteiger partial charge is 0.350 e. The predicted octanol–water partition coefficient (Wildman–Crippen LogP) is 4.25. The van der Waals surface area contributed by atoms with Crippen LogP contribution in [-0.2, 0) is 6.54 Å². The molecule has 7 heteroatoms. The van der Waals surface area contributed by atoms with Crippen molar-refractivity contribution in [1.82, 2.24) is 20.4 Å². The molecule has 1 N–H and O–H groups in total. The fourth-order valence-electron chi connectivity index (χ4n) is 3.72. The van der Waals surface area contributed by atoms with Gasteiger partial charge in [-0.15, -0.1) is 12.4 Å². The first-order valence-corrected chi connectivity index (χ1v) is 10.2. The van der Waals surface area contributed by atoms with E-state index in [1.54, 1.807) is 12.3 Å². The minimum Gasteiger partial charge on any atom is -0.350 e. The van der Waals surface area contributed by atoms with Gasteiger partial charge in [-0.25, -0.2) is 0 Å². The number of carbonyl (C=O) groups excluding carboxylic acids is 1. The molecule has 4 rings (SSSR count). The fraction of sp³-hybridized carbons (Fsp3) is 0.348. The maximum atomic E-state index is 13.4. The van der Waals surface area contributed by atoms with Gasteiger partial charge in [-0.1, -0.05) is 41.1 Å². The van der Waals surface area contributed by atoms with Crippen LogP contribution < -0.4 is 5.32 Å². The topological polar surface area (TPSA) is 71.3 Å². The highest BCUT2D eigenvalue weighted by molar-refractivity contribution is 5.92. The van der Waals surface area contributed by atoms with E-state index in [0.29, 0.717) is 12.2 Å². The number of aromatic nitrogens is 2. The third kappa shape index (κ3) is 5.26. The molecule has 3 aromatic rings. The lowest BCUT2D eigenvalue weighted by Gasteiger charge is -2.30. The average molecular weight is 427 g/mol. The molecule has 0 radical (unpaired) electrons. The fourth-order valence-corrected chi connectivity index (χ4v) is 3.72. The molecule has 1 aromatic carbocycles. The Bertz CT molecular complexity index is 935. The van der Waals surface area contributed by atoms with Crippen LogP contribution in [0.3, 0.4) is 0 Å². The molecule has 1 amide bonds. The number of amides is 1. The molecular formula is C23H27ClN4O2. The quantitative estimate of drug-likeness (QED) is 0.660. The highest BCUT2D eigenvalue weighted by Gasteiger charge is 2.28. The number of rotatable bonds is 5. The first-order chi connectivity index (χ1) is 14.2. The lowest BCUT2D eigenvalue weighted by Crippen LogP contribution is -2.40. The minimum atomic E-state index is -0.131. The van der Waals surface area contributed by atoms with E-state index < -0.39 is 0 Å². The molecule has 1 aliphatic heterocycles. The summed E-state index contributed by atoms with van der Waals surface area (Å²) in [5.41, 5.74) is 3.66. The number of aryl methyl sites for hydroxylation is 1. The van der Waals surface area contributed by atoms with Crippen molar-refractivity contribution in [1.29, 1.82) is 0 Å². The lowest BCUT2D eigenvalue weighted by molar-refractivity contribution is 0.0600. The van der Waals surface area contributed by atoms with Gasteiger partial charge >= 0.3 is 0 Å². The highest BCUT2D eigenvalue weighted by Crippen LogP contribution is 2.23. The summed E-state index contributed by atoms with van der Waals surface area (Å²) in [7, 11) is 0. The van der Waals surface area contributed by atoms with Crippen molar-refractivity contribution in [3.05, 3.63) is 71.7 Å². The molecule has 3 heterocycles. The van der Waals surface area contributed by atoms with Gasteiger partial charge in [0, 0.05) is 23.9 Å². The number of halogens is 1. The van der Waals surface area contributed by atoms with Gasteiger partial charge in [0.05, 0.1) is 12.2 Å². The van der Waals surface area contributed by atoms with Gasteiger partial charge in [0.1, 0.15) is 5.69 Å². The summed E-state index contributed by atoms with van der Waals surface area (Å²) < 4.78 is 5.47. The molecule has 0 aliphatic carbocycles. The number of benzene rings is 1. The number of carbonyl (C=O) groups is 1. The summed E-state index contributed by atoms with van der Waals surface area (Å²) in [6, 6.07) is 15.7. The number of hydrogen-bond acceptors (Lipinski definition) is 5. The second-order valence-electron chi connectivity index (χ2n) is 7.53. The van der Waals surface area contributed by atoms with E-state index in [2.05, 4.69) is 15.5 Å². The molecule has 1 aliphatic rings. The maximum Gasteiger partial charge on any atom is 0.293 e. The molecular weight excluding hydrogens is 400 g/mol. The lowest BCUT2D eigenvalue weighted by atomic mass is 10.1. The Kier molecular flexibility index (Phi) is 7.60.